The number of hydrogen-bond acceptors (Lipinski definition) is 5. The van der Waals surface area contributed by atoms with Crippen LogP contribution in [0.15, 0.2) is 33.5 Å². The summed E-state index contributed by atoms with van der Waals surface area (Å²) in [7, 11) is 0. The van der Waals surface area contributed by atoms with E-state index in [4.69, 9.17) is 4.42 Å². The number of rotatable bonds is 3. The molecule has 2 heterocycles. The number of aryl methyl sites for hydroxylation is 1. The van der Waals surface area contributed by atoms with Gasteiger partial charge >= 0.3 is 5.63 Å². The Bertz CT molecular complexity index is 774. The van der Waals surface area contributed by atoms with E-state index in [0.717, 1.165) is 5.39 Å². The van der Waals surface area contributed by atoms with Crippen molar-refractivity contribution in [3.63, 3.8) is 0 Å². The second-order valence-electron chi connectivity index (χ2n) is 5.58. The third kappa shape index (κ3) is 3.39. The van der Waals surface area contributed by atoms with Crippen molar-refractivity contribution in [3.05, 3.63) is 45.8 Å². The number of carbonyl (C=O) groups excluding carboxylic acids is 1. The van der Waals surface area contributed by atoms with Crippen molar-refractivity contribution in [2.24, 2.45) is 5.92 Å². The third-order valence-corrected chi connectivity index (χ3v) is 4.13. The quantitative estimate of drug-likeness (QED) is 0.721. The Balaban J connectivity index is 0.00000192. The normalized spacial score (nSPS) is 20.3. The van der Waals surface area contributed by atoms with Crippen molar-refractivity contribution in [3.8, 4) is 0 Å². The number of nitrogens with one attached hydrogen (secondary N) is 2. The van der Waals surface area contributed by atoms with E-state index in [1.54, 1.807) is 19.1 Å². The second kappa shape index (κ2) is 7.12. The molecule has 0 aliphatic carbocycles. The highest BCUT2D eigenvalue weighted by atomic mass is 35.5. The fourth-order valence-corrected chi connectivity index (χ4v) is 2.81. The molecule has 1 fully saturated rings. The summed E-state index contributed by atoms with van der Waals surface area (Å²) in [6.45, 7) is 3.23. The number of halogens is 1. The van der Waals surface area contributed by atoms with Crippen LogP contribution in [-0.2, 0) is 0 Å². The molecule has 2 unspecified atom stereocenters. The van der Waals surface area contributed by atoms with Gasteiger partial charge in [0.2, 0.25) is 0 Å². The Morgan fingerprint density at radius 1 is 1.39 bits per heavy atom. The summed E-state index contributed by atoms with van der Waals surface area (Å²) in [5.74, 6) is -0.507. The molecule has 6 nitrogen and oxygen atoms in total. The van der Waals surface area contributed by atoms with Gasteiger partial charge in [0.1, 0.15) is 11.1 Å². The van der Waals surface area contributed by atoms with Gasteiger partial charge in [-0.1, -0.05) is 18.2 Å². The van der Waals surface area contributed by atoms with Gasteiger partial charge in [-0.05, 0) is 18.6 Å². The molecular formula is C16H19ClN2O4. The Morgan fingerprint density at radius 3 is 2.83 bits per heavy atom. The zero-order valence-electron chi connectivity index (χ0n) is 12.7. The Morgan fingerprint density at radius 2 is 2.13 bits per heavy atom. The van der Waals surface area contributed by atoms with Crippen molar-refractivity contribution in [2.75, 3.05) is 19.6 Å². The average Bonchev–Trinajstić information content (AvgIpc) is 2.90. The second-order valence-corrected chi connectivity index (χ2v) is 5.58. The third-order valence-electron chi connectivity index (χ3n) is 4.13. The monoisotopic (exact) mass is 338 g/mol. The highest BCUT2D eigenvalue weighted by Crippen LogP contribution is 2.18. The first kappa shape index (κ1) is 17.5. The minimum atomic E-state index is -0.640. The van der Waals surface area contributed by atoms with E-state index < -0.39 is 17.6 Å². The van der Waals surface area contributed by atoms with Gasteiger partial charge in [-0.15, -0.1) is 12.4 Å². The van der Waals surface area contributed by atoms with Crippen LogP contribution < -0.4 is 16.3 Å². The fourth-order valence-electron chi connectivity index (χ4n) is 2.81. The molecule has 1 aromatic carbocycles. The van der Waals surface area contributed by atoms with Crippen LogP contribution in [0, 0.1) is 12.8 Å². The number of aliphatic hydroxyl groups is 1. The number of fused-ring (bicyclic) bond motifs is 1. The standard InChI is InChI=1S/C16H18N2O4.ClH/c1-9-11-4-2-3-5-13(11)22-16(21)14(9)15(20)18-7-10-6-17-8-12(10)19;/h2-5,10,12,17,19H,6-8H2,1H3,(H,18,20);1H. The lowest BCUT2D eigenvalue weighted by atomic mass is 10.0. The maximum Gasteiger partial charge on any atom is 0.349 e. The van der Waals surface area contributed by atoms with E-state index in [-0.39, 0.29) is 23.9 Å². The number of hydrogen-bond donors (Lipinski definition) is 3. The molecule has 1 aliphatic heterocycles. The SMILES string of the molecule is Cc1c(C(=O)NCC2CNCC2O)c(=O)oc2ccccc12.Cl. The minimum absolute atomic E-state index is 0. The van der Waals surface area contributed by atoms with E-state index in [0.29, 0.717) is 30.8 Å². The lowest BCUT2D eigenvalue weighted by molar-refractivity contribution is 0.0923. The van der Waals surface area contributed by atoms with Crippen molar-refractivity contribution >= 4 is 29.3 Å². The topological polar surface area (TPSA) is 91.6 Å². The molecule has 3 N–H and O–H groups in total. The number of para-hydroxylation sites is 1. The van der Waals surface area contributed by atoms with Crippen LogP contribution >= 0.6 is 12.4 Å². The van der Waals surface area contributed by atoms with Gasteiger partial charge in [0.25, 0.3) is 5.91 Å². The molecule has 0 spiro atoms. The molecule has 124 valence electrons. The molecule has 0 saturated carbocycles. The molecule has 7 heteroatoms. The van der Waals surface area contributed by atoms with Crippen molar-refractivity contribution in [1.82, 2.24) is 10.6 Å². The van der Waals surface area contributed by atoms with Gasteiger partial charge in [-0.2, -0.15) is 0 Å². The summed E-state index contributed by atoms with van der Waals surface area (Å²) in [6, 6.07) is 7.12. The van der Waals surface area contributed by atoms with Gasteiger partial charge < -0.3 is 20.2 Å². The molecule has 23 heavy (non-hydrogen) atoms. The first-order valence-electron chi connectivity index (χ1n) is 7.27. The lowest BCUT2D eigenvalue weighted by Crippen LogP contribution is -2.36. The van der Waals surface area contributed by atoms with Gasteiger partial charge in [0.05, 0.1) is 6.10 Å². The summed E-state index contributed by atoms with van der Waals surface area (Å²) in [5, 5.41) is 16.2. The molecule has 0 radical (unpaired) electrons. The predicted molar refractivity (Wildman–Crippen MR) is 89.2 cm³/mol. The molecule has 1 amide bonds. The van der Waals surface area contributed by atoms with E-state index in [9.17, 15) is 14.7 Å². The zero-order chi connectivity index (χ0) is 15.7. The number of aliphatic hydroxyl groups excluding tert-OH is 1. The molecule has 1 aromatic heterocycles. The zero-order valence-corrected chi connectivity index (χ0v) is 13.5. The Kier molecular flexibility index (Phi) is 5.41. The van der Waals surface area contributed by atoms with Crippen molar-refractivity contribution in [1.29, 1.82) is 0 Å². The van der Waals surface area contributed by atoms with Crippen LogP contribution in [0.25, 0.3) is 11.0 Å². The molecule has 2 atom stereocenters. The van der Waals surface area contributed by atoms with Crippen LogP contribution in [-0.4, -0.2) is 36.8 Å². The number of β-amino-alcohol motifs (C(OH)–C–C–N with tert-alkyl or cyclic N) is 1. The summed E-state index contributed by atoms with van der Waals surface area (Å²) >= 11 is 0. The maximum absolute atomic E-state index is 12.3. The van der Waals surface area contributed by atoms with Crippen LogP contribution in [0.1, 0.15) is 15.9 Å². The van der Waals surface area contributed by atoms with E-state index in [1.165, 1.54) is 0 Å². The van der Waals surface area contributed by atoms with E-state index in [2.05, 4.69) is 10.6 Å². The molecule has 1 saturated heterocycles. The summed E-state index contributed by atoms with van der Waals surface area (Å²) in [6.07, 6.45) is -0.477. The molecular weight excluding hydrogens is 320 g/mol. The molecule has 3 rings (SSSR count). The fraction of sp³-hybridized carbons (Fsp3) is 0.375. The van der Waals surface area contributed by atoms with Gasteiger partial charge in [0.15, 0.2) is 0 Å². The molecule has 0 bridgehead atoms. The number of amides is 1. The van der Waals surface area contributed by atoms with Gasteiger partial charge in [-0.3, -0.25) is 4.79 Å². The van der Waals surface area contributed by atoms with Crippen molar-refractivity contribution in [2.45, 2.75) is 13.0 Å². The van der Waals surface area contributed by atoms with Gasteiger partial charge in [-0.25, -0.2) is 4.79 Å². The highest BCUT2D eigenvalue weighted by Gasteiger charge is 2.26. The van der Waals surface area contributed by atoms with Crippen LogP contribution in [0.3, 0.4) is 0 Å². The Hall–Kier alpha value is -1.89. The Labute approximate surface area is 139 Å². The van der Waals surface area contributed by atoms with E-state index in [1.807, 2.05) is 12.1 Å². The number of carbonyl (C=O) groups is 1. The molecule has 2 aromatic rings. The largest absolute Gasteiger partial charge is 0.422 e. The van der Waals surface area contributed by atoms with Crippen LogP contribution in [0.5, 0.6) is 0 Å². The maximum atomic E-state index is 12.3. The minimum Gasteiger partial charge on any atom is -0.422 e. The summed E-state index contributed by atoms with van der Waals surface area (Å²) in [4.78, 5) is 24.4. The molecule has 1 aliphatic rings. The highest BCUT2D eigenvalue weighted by molar-refractivity contribution is 5.99. The first-order valence-corrected chi connectivity index (χ1v) is 7.27. The van der Waals surface area contributed by atoms with E-state index >= 15 is 0 Å². The van der Waals surface area contributed by atoms with Crippen molar-refractivity contribution < 1.29 is 14.3 Å². The summed E-state index contributed by atoms with van der Waals surface area (Å²) < 4.78 is 5.21. The van der Waals surface area contributed by atoms with Crippen LogP contribution in [0.4, 0.5) is 0 Å². The average molecular weight is 339 g/mol. The van der Waals surface area contributed by atoms with Crippen LogP contribution in [0.2, 0.25) is 0 Å². The lowest BCUT2D eigenvalue weighted by Gasteiger charge is -2.14. The van der Waals surface area contributed by atoms with Gasteiger partial charge in [0, 0.05) is 30.9 Å². The predicted octanol–water partition coefficient (Wildman–Crippen LogP) is 0.833. The first-order chi connectivity index (χ1) is 10.6. The summed E-state index contributed by atoms with van der Waals surface area (Å²) in [5.41, 5.74) is 0.462. The smallest absolute Gasteiger partial charge is 0.349 e. The number of benzene rings is 1.